The third-order valence-corrected chi connectivity index (χ3v) is 2.83. The normalized spacial score (nSPS) is 10.4. The van der Waals surface area contributed by atoms with E-state index in [9.17, 15) is 18.9 Å². The molecule has 10 heteroatoms. The molecule has 0 radical (unpaired) electrons. The van der Waals surface area contributed by atoms with Crippen LogP contribution in [0.4, 0.5) is 14.5 Å². The van der Waals surface area contributed by atoms with Crippen molar-refractivity contribution < 1.29 is 18.4 Å². The maximum Gasteiger partial charge on any atom is 0.368 e. The van der Waals surface area contributed by atoms with Gasteiger partial charge in [0.1, 0.15) is 6.33 Å². The highest BCUT2D eigenvalue weighted by atomic mass is 79.9. The standard InChI is InChI=1S/C10H3BrClF2N3O3/c11-4-1-5(13)7(14)6(2-4)20-10-8(17(18)19)9(12)15-3-16-10/h1-3H. The topological polar surface area (TPSA) is 78.2 Å². The first kappa shape index (κ1) is 14.5. The Bertz CT molecular complexity index is 702. The van der Waals surface area contributed by atoms with E-state index in [-0.39, 0.29) is 4.47 Å². The summed E-state index contributed by atoms with van der Waals surface area (Å²) in [5, 5.41) is 10.4. The van der Waals surface area contributed by atoms with Crippen LogP contribution in [0.3, 0.4) is 0 Å². The summed E-state index contributed by atoms with van der Waals surface area (Å²) in [6, 6.07) is 1.97. The molecule has 0 bridgehead atoms. The van der Waals surface area contributed by atoms with Crippen LogP contribution in [0.15, 0.2) is 22.9 Å². The number of ether oxygens (including phenoxy) is 1. The molecule has 0 saturated heterocycles. The molecule has 0 aliphatic carbocycles. The smallest absolute Gasteiger partial charge is 0.368 e. The molecule has 0 fully saturated rings. The maximum absolute atomic E-state index is 13.5. The predicted molar refractivity (Wildman–Crippen MR) is 67.8 cm³/mol. The van der Waals surface area contributed by atoms with Crippen molar-refractivity contribution >= 4 is 33.2 Å². The lowest BCUT2D eigenvalue weighted by atomic mass is 10.3. The third kappa shape index (κ3) is 2.83. The summed E-state index contributed by atoms with van der Waals surface area (Å²) >= 11 is 8.49. The number of benzene rings is 1. The second-order valence-corrected chi connectivity index (χ2v) is 4.65. The Morgan fingerprint density at radius 2 is 2.05 bits per heavy atom. The molecule has 0 unspecified atom stereocenters. The first-order valence-corrected chi connectivity index (χ1v) is 6.04. The van der Waals surface area contributed by atoms with Crippen molar-refractivity contribution in [3.05, 3.63) is 49.8 Å². The van der Waals surface area contributed by atoms with Gasteiger partial charge in [-0.05, 0) is 12.1 Å². The van der Waals surface area contributed by atoms with E-state index in [1.807, 2.05) is 0 Å². The van der Waals surface area contributed by atoms with Crippen LogP contribution in [0.25, 0.3) is 0 Å². The molecule has 1 aromatic carbocycles. The van der Waals surface area contributed by atoms with E-state index in [1.165, 1.54) is 0 Å². The highest BCUT2D eigenvalue weighted by Gasteiger charge is 2.25. The van der Waals surface area contributed by atoms with Gasteiger partial charge in [-0.25, -0.2) is 9.37 Å². The Labute approximate surface area is 123 Å². The predicted octanol–water partition coefficient (Wildman–Crippen LogP) is 3.87. The number of aromatic nitrogens is 2. The number of halogens is 4. The summed E-state index contributed by atoms with van der Waals surface area (Å²) in [4.78, 5) is 16.9. The molecule has 0 saturated carbocycles. The molecular formula is C10H3BrClF2N3O3. The number of rotatable bonds is 3. The zero-order valence-corrected chi connectivity index (χ0v) is 11.7. The summed E-state index contributed by atoms with van der Waals surface area (Å²) < 4.78 is 31.8. The first-order chi connectivity index (χ1) is 9.40. The molecule has 0 N–H and O–H groups in total. The minimum absolute atomic E-state index is 0.189. The Morgan fingerprint density at radius 1 is 1.35 bits per heavy atom. The number of nitro groups is 1. The van der Waals surface area contributed by atoms with Gasteiger partial charge in [-0.1, -0.05) is 27.5 Å². The summed E-state index contributed by atoms with van der Waals surface area (Å²) in [6.45, 7) is 0. The molecule has 1 heterocycles. The van der Waals surface area contributed by atoms with Gasteiger partial charge in [0.25, 0.3) is 0 Å². The van der Waals surface area contributed by atoms with E-state index in [0.29, 0.717) is 0 Å². The Kier molecular flexibility index (Phi) is 4.09. The molecule has 0 aliphatic rings. The molecule has 104 valence electrons. The van der Waals surface area contributed by atoms with Crippen LogP contribution in [-0.2, 0) is 0 Å². The zero-order valence-electron chi connectivity index (χ0n) is 9.31. The van der Waals surface area contributed by atoms with Crippen LogP contribution in [0, 0.1) is 21.7 Å². The van der Waals surface area contributed by atoms with E-state index in [1.54, 1.807) is 0 Å². The average Bonchev–Trinajstić information content (AvgIpc) is 2.35. The molecule has 0 atom stereocenters. The van der Waals surface area contributed by atoms with Crippen molar-refractivity contribution in [2.75, 3.05) is 0 Å². The fourth-order valence-corrected chi connectivity index (χ4v) is 1.88. The molecule has 20 heavy (non-hydrogen) atoms. The van der Waals surface area contributed by atoms with E-state index >= 15 is 0 Å². The molecule has 1 aromatic heterocycles. The Morgan fingerprint density at radius 3 is 2.70 bits per heavy atom. The second-order valence-electron chi connectivity index (χ2n) is 3.38. The quantitative estimate of drug-likeness (QED) is 0.357. The molecule has 0 amide bonds. The van der Waals surface area contributed by atoms with Crippen LogP contribution in [0.5, 0.6) is 11.6 Å². The number of hydrogen-bond donors (Lipinski definition) is 0. The Hall–Kier alpha value is -1.87. The number of nitrogens with zero attached hydrogens (tertiary/aromatic N) is 3. The molecule has 2 aromatic rings. The van der Waals surface area contributed by atoms with Crippen LogP contribution in [0.1, 0.15) is 0 Å². The molecular weight excluding hydrogens is 363 g/mol. The van der Waals surface area contributed by atoms with Gasteiger partial charge in [0.2, 0.25) is 11.0 Å². The van der Waals surface area contributed by atoms with Crippen molar-refractivity contribution in [1.82, 2.24) is 9.97 Å². The van der Waals surface area contributed by atoms with Gasteiger partial charge in [-0.3, -0.25) is 10.1 Å². The maximum atomic E-state index is 13.5. The van der Waals surface area contributed by atoms with Crippen molar-refractivity contribution in [2.24, 2.45) is 0 Å². The van der Waals surface area contributed by atoms with Crippen molar-refractivity contribution in [3.63, 3.8) is 0 Å². The summed E-state index contributed by atoms with van der Waals surface area (Å²) in [5.41, 5.74) is -0.742. The van der Waals surface area contributed by atoms with Gasteiger partial charge < -0.3 is 4.74 Å². The molecule has 6 nitrogen and oxygen atoms in total. The van der Waals surface area contributed by atoms with Gasteiger partial charge in [0, 0.05) is 4.47 Å². The van der Waals surface area contributed by atoms with E-state index in [4.69, 9.17) is 16.3 Å². The third-order valence-electron chi connectivity index (χ3n) is 2.09. The fourth-order valence-electron chi connectivity index (χ4n) is 1.28. The van der Waals surface area contributed by atoms with Crippen LogP contribution < -0.4 is 4.74 Å². The summed E-state index contributed by atoms with van der Waals surface area (Å²) in [7, 11) is 0. The lowest BCUT2D eigenvalue weighted by Gasteiger charge is -2.07. The monoisotopic (exact) mass is 365 g/mol. The van der Waals surface area contributed by atoms with Crippen molar-refractivity contribution in [3.8, 4) is 11.6 Å². The fraction of sp³-hybridized carbons (Fsp3) is 0. The first-order valence-electron chi connectivity index (χ1n) is 4.87. The van der Waals surface area contributed by atoms with Crippen molar-refractivity contribution in [2.45, 2.75) is 0 Å². The molecule has 0 spiro atoms. The van der Waals surface area contributed by atoms with Gasteiger partial charge in [0.15, 0.2) is 11.6 Å². The molecule has 0 aliphatic heterocycles. The van der Waals surface area contributed by atoms with Crippen molar-refractivity contribution in [1.29, 1.82) is 0 Å². The lowest BCUT2D eigenvalue weighted by molar-refractivity contribution is -0.386. The van der Waals surface area contributed by atoms with Gasteiger partial charge in [-0.2, -0.15) is 9.37 Å². The van der Waals surface area contributed by atoms with Gasteiger partial charge in [-0.15, -0.1) is 0 Å². The van der Waals surface area contributed by atoms with Gasteiger partial charge in [0.05, 0.1) is 4.92 Å². The minimum Gasteiger partial charge on any atom is -0.430 e. The van der Waals surface area contributed by atoms with Crippen LogP contribution in [-0.4, -0.2) is 14.9 Å². The van der Waals surface area contributed by atoms with Crippen LogP contribution in [0.2, 0.25) is 5.15 Å². The zero-order chi connectivity index (χ0) is 14.9. The van der Waals surface area contributed by atoms with E-state index in [0.717, 1.165) is 18.5 Å². The van der Waals surface area contributed by atoms with Crippen LogP contribution >= 0.6 is 27.5 Å². The molecule has 2 rings (SSSR count). The average molecular weight is 367 g/mol. The highest BCUT2D eigenvalue weighted by Crippen LogP contribution is 2.35. The lowest BCUT2D eigenvalue weighted by Crippen LogP contribution is -2.00. The highest BCUT2D eigenvalue weighted by molar-refractivity contribution is 9.10. The summed E-state index contributed by atoms with van der Waals surface area (Å²) in [6.07, 6.45) is 0.900. The Balaban J connectivity index is 2.51. The largest absolute Gasteiger partial charge is 0.430 e. The summed E-state index contributed by atoms with van der Waals surface area (Å²) in [5.74, 6) is -3.66. The SMILES string of the molecule is O=[N+]([O-])c1c(Cl)ncnc1Oc1cc(Br)cc(F)c1F. The minimum atomic E-state index is -1.31. The van der Waals surface area contributed by atoms with Gasteiger partial charge >= 0.3 is 11.6 Å². The van der Waals surface area contributed by atoms with E-state index in [2.05, 4.69) is 25.9 Å². The van der Waals surface area contributed by atoms with E-state index < -0.39 is 39.0 Å². The number of hydrogen-bond acceptors (Lipinski definition) is 5. The second kappa shape index (κ2) is 5.63.